The average molecular weight is 295 g/mol. The van der Waals surface area contributed by atoms with E-state index >= 15 is 0 Å². The van der Waals surface area contributed by atoms with Gasteiger partial charge in [-0.3, -0.25) is 0 Å². The van der Waals surface area contributed by atoms with E-state index in [4.69, 9.17) is 0 Å². The van der Waals surface area contributed by atoms with E-state index in [2.05, 4.69) is 83.7 Å². The molecule has 0 saturated heterocycles. The number of nitrogens with zero attached hydrogens (tertiary/aromatic N) is 1. The summed E-state index contributed by atoms with van der Waals surface area (Å²) in [6.45, 7) is 5.23. The molecule has 1 heterocycles. The summed E-state index contributed by atoms with van der Waals surface area (Å²) < 4.78 is 2.32. The van der Waals surface area contributed by atoms with Crippen LogP contribution < -0.4 is 9.88 Å². The smallest absolute Gasteiger partial charge is 0.231 e. The summed E-state index contributed by atoms with van der Waals surface area (Å²) in [7, 11) is 0. The Balaban J connectivity index is 1.93. The van der Waals surface area contributed by atoms with Crippen LogP contribution in [-0.4, -0.2) is 0 Å². The summed E-state index contributed by atoms with van der Waals surface area (Å²) in [5.41, 5.74) is 4.93. The molecule has 106 valence electrons. The number of aryl methyl sites for hydroxylation is 1. The molecule has 3 rings (SSSR count). The van der Waals surface area contributed by atoms with Crippen molar-refractivity contribution in [2.45, 2.75) is 20.4 Å². The number of nitrogens with one attached hydrogen (secondary N) is 1. The molecule has 3 aromatic rings. The Kier molecular flexibility index (Phi) is 4.02. The van der Waals surface area contributed by atoms with Crippen molar-refractivity contribution in [3.05, 3.63) is 65.5 Å². The van der Waals surface area contributed by atoms with E-state index in [0.717, 1.165) is 12.2 Å². The Labute approximate surface area is 129 Å². The molecule has 0 amide bonds. The molecule has 0 radical (unpaired) electrons. The molecule has 0 spiro atoms. The number of hydrogen-bond acceptors (Lipinski definition) is 2. The summed E-state index contributed by atoms with van der Waals surface area (Å²) in [5.74, 6) is 0. The molecule has 3 heteroatoms. The molecule has 0 atom stereocenters. The molecule has 0 aliphatic rings. The predicted octanol–water partition coefficient (Wildman–Crippen LogP) is 4.77. The van der Waals surface area contributed by atoms with Gasteiger partial charge in [-0.05, 0) is 26.0 Å². The second-order valence-corrected chi connectivity index (χ2v) is 5.89. The van der Waals surface area contributed by atoms with Gasteiger partial charge in [-0.25, -0.2) is 9.88 Å². The van der Waals surface area contributed by atoms with Gasteiger partial charge in [-0.2, -0.15) is 0 Å². The van der Waals surface area contributed by atoms with Gasteiger partial charge in [0, 0.05) is 10.9 Å². The predicted molar refractivity (Wildman–Crippen MR) is 90.1 cm³/mol. The van der Waals surface area contributed by atoms with Gasteiger partial charge in [0.25, 0.3) is 0 Å². The van der Waals surface area contributed by atoms with Crippen molar-refractivity contribution < 1.29 is 4.57 Å². The molecule has 0 aliphatic carbocycles. The van der Waals surface area contributed by atoms with Crippen LogP contribution in [-0.2, 0) is 6.54 Å². The van der Waals surface area contributed by atoms with Crippen LogP contribution in [0.5, 0.6) is 0 Å². The van der Waals surface area contributed by atoms with Crippen molar-refractivity contribution in [2.24, 2.45) is 0 Å². The Hall–Kier alpha value is -2.13. The lowest BCUT2D eigenvalue weighted by molar-refractivity contribution is -0.664. The maximum absolute atomic E-state index is 3.52. The molecule has 2 nitrogen and oxygen atoms in total. The zero-order valence-corrected chi connectivity index (χ0v) is 13.2. The van der Waals surface area contributed by atoms with Crippen molar-refractivity contribution in [3.63, 3.8) is 0 Å². The Morgan fingerprint density at radius 2 is 1.71 bits per heavy atom. The highest BCUT2D eigenvalue weighted by molar-refractivity contribution is 7.13. The van der Waals surface area contributed by atoms with E-state index in [1.807, 2.05) is 0 Å². The van der Waals surface area contributed by atoms with E-state index in [9.17, 15) is 0 Å². The lowest BCUT2D eigenvalue weighted by atomic mass is 10.2. The zero-order valence-electron chi connectivity index (χ0n) is 12.3. The van der Waals surface area contributed by atoms with Crippen molar-refractivity contribution in [1.82, 2.24) is 0 Å². The monoisotopic (exact) mass is 295 g/mol. The summed E-state index contributed by atoms with van der Waals surface area (Å²) in [6.07, 6.45) is 0. The standard InChI is InChI=1S/C18H18N2S/c1-3-20-17(15-7-5-4-6-8-15)13-21-18(20)19-16-11-9-14(2)10-12-16/h4-13H,3H2,1-2H3/p+1. The SMILES string of the molecule is CC[n+]1c(-c2ccccc2)csc1Nc1ccc(C)cc1. The Morgan fingerprint density at radius 3 is 2.38 bits per heavy atom. The number of benzene rings is 2. The zero-order chi connectivity index (χ0) is 14.7. The normalized spacial score (nSPS) is 10.6. The third-order valence-electron chi connectivity index (χ3n) is 3.51. The fourth-order valence-corrected chi connectivity index (χ4v) is 3.37. The van der Waals surface area contributed by atoms with Gasteiger partial charge in [0.1, 0.15) is 11.4 Å². The highest BCUT2D eigenvalue weighted by Gasteiger charge is 2.17. The van der Waals surface area contributed by atoms with Crippen molar-refractivity contribution >= 4 is 22.2 Å². The second-order valence-electron chi connectivity index (χ2n) is 5.03. The third kappa shape index (κ3) is 2.98. The van der Waals surface area contributed by atoms with E-state index in [1.54, 1.807) is 11.3 Å². The third-order valence-corrected chi connectivity index (χ3v) is 4.39. The Bertz CT molecular complexity index is 715. The molecule has 2 aromatic carbocycles. The van der Waals surface area contributed by atoms with Crippen LogP contribution in [0.25, 0.3) is 11.3 Å². The van der Waals surface area contributed by atoms with Crippen LogP contribution in [0.3, 0.4) is 0 Å². The molecular formula is C18H19N2S+. The molecule has 1 N–H and O–H groups in total. The molecular weight excluding hydrogens is 276 g/mol. The number of rotatable bonds is 4. The number of anilines is 2. The average Bonchev–Trinajstić information content (AvgIpc) is 2.93. The fourth-order valence-electron chi connectivity index (χ4n) is 2.35. The molecule has 0 bridgehead atoms. The molecule has 1 aromatic heterocycles. The molecule has 0 fully saturated rings. The maximum atomic E-state index is 3.52. The van der Waals surface area contributed by atoms with Crippen molar-refractivity contribution in [2.75, 3.05) is 5.32 Å². The summed E-state index contributed by atoms with van der Waals surface area (Å²) in [6, 6.07) is 19.0. The van der Waals surface area contributed by atoms with Gasteiger partial charge in [0.15, 0.2) is 0 Å². The lowest BCUT2D eigenvalue weighted by Gasteiger charge is -2.04. The first-order chi connectivity index (χ1) is 10.3. The molecule has 0 aliphatic heterocycles. The highest BCUT2D eigenvalue weighted by atomic mass is 32.1. The van der Waals surface area contributed by atoms with Gasteiger partial charge in [-0.15, -0.1) is 0 Å². The minimum atomic E-state index is 0.946. The van der Waals surface area contributed by atoms with Crippen LogP contribution in [0.15, 0.2) is 60.0 Å². The minimum absolute atomic E-state index is 0.946. The van der Waals surface area contributed by atoms with Crippen molar-refractivity contribution in [3.8, 4) is 11.3 Å². The fraction of sp³-hybridized carbons (Fsp3) is 0.167. The van der Waals surface area contributed by atoms with Gasteiger partial charge in [0.2, 0.25) is 0 Å². The van der Waals surface area contributed by atoms with Gasteiger partial charge in [-0.1, -0.05) is 59.4 Å². The summed E-state index contributed by atoms with van der Waals surface area (Å²) in [5, 5.41) is 6.91. The second kappa shape index (κ2) is 6.10. The minimum Gasteiger partial charge on any atom is -0.231 e. The number of thiazole rings is 1. The highest BCUT2D eigenvalue weighted by Crippen LogP contribution is 2.25. The van der Waals surface area contributed by atoms with Crippen LogP contribution in [0.2, 0.25) is 0 Å². The first-order valence-electron chi connectivity index (χ1n) is 7.18. The number of hydrogen-bond donors (Lipinski definition) is 1. The largest absolute Gasteiger partial charge is 0.339 e. The van der Waals surface area contributed by atoms with Gasteiger partial charge >= 0.3 is 5.13 Å². The summed E-state index contributed by atoms with van der Waals surface area (Å²) in [4.78, 5) is 0. The van der Waals surface area contributed by atoms with E-state index < -0.39 is 0 Å². The first kappa shape index (κ1) is 13.8. The van der Waals surface area contributed by atoms with E-state index in [0.29, 0.717) is 0 Å². The maximum Gasteiger partial charge on any atom is 0.339 e. The molecule has 0 unspecified atom stereocenters. The van der Waals surface area contributed by atoms with E-state index in [1.165, 1.54) is 22.0 Å². The van der Waals surface area contributed by atoms with Crippen LogP contribution in [0, 0.1) is 6.92 Å². The molecule has 0 saturated carbocycles. The molecule has 21 heavy (non-hydrogen) atoms. The number of aromatic nitrogens is 1. The van der Waals surface area contributed by atoms with E-state index in [-0.39, 0.29) is 0 Å². The lowest BCUT2D eigenvalue weighted by Crippen LogP contribution is -2.34. The van der Waals surface area contributed by atoms with Crippen LogP contribution in [0.1, 0.15) is 12.5 Å². The van der Waals surface area contributed by atoms with Gasteiger partial charge < -0.3 is 0 Å². The topological polar surface area (TPSA) is 15.9 Å². The quantitative estimate of drug-likeness (QED) is 0.685. The van der Waals surface area contributed by atoms with Gasteiger partial charge in [0.05, 0.1) is 6.54 Å². The Morgan fingerprint density at radius 1 is 1.00 bits per heavy atom. The summed E-state index contributed by atoms with van der Waals surface area (Å²) >= 11 is 1.75. The van der Waals surface area contributed by atoms with Crippen LogP contribution >= 0.6 is 11.3 Å². The first-order valence-corrected chi connectivity index (χ1v) is 8.06. The van der Waals surface area contributed by atoms with Crippen molar-refractivity contribution in [1.29, 1.82) is 0 Å². The van der Waals surface area contributed by atoms with Crippen LogP contribution in [0.4, 0.5) is 10.8 Å².